The minimum absolute atomic E-state index is 0.741. The molecule has 0 bridgehead atoms. The molecule has 0 unspecified atom stereocenters. The van der Waals surface area contributed by atoms with Crippen LogP contribution in [0.2, 0.25) is 0 Å². The third-order valence-corrected chi connectivity index (χ3v) is 3.62. The lowest BCUT2D eigenvalue weighted by molar-refractivity contribution is 0.236. The van der Waals surface area contributed by atoms with Crippen LogP contribution in [0.4, 0.5) is 0 Å². The van der Waals surface area contributed by atoms with Gasteiger partial charge in [-0.25, -0.2) is 0 Å². The van der Waals surface area contributed by atoms with E-state index in [2.05, 4.69) is 20.8 Å². The number of benzene rings is 1. The van der Waals surface area contributed by atoms with Crippen LogP contribution in [0.5, 0.6) is 11.5 Å². The maximum absolute atomic E-state index is 5.75. The molecule has 1 saturated heterocycles. The van der Waals surface area contributed by atoms with Gasteiger partial charge in [-0.3, -0.25) is 4.90 Å². The van der Waals surface area contributed by atoms with E-state index in [0.29, 0.717) is 0 Å². The van der Waals surface area contributed by atoms with Gasteiger partial charge in [0.1, 0.15) is 18.1 Å². The molecular weight excluding hydrogens is 282 g/mol. The van der Waals surface area contributed by atoms with E-state index in [9.17, 15) is 0 Å². The van der Waals surface area contributed by atoms with Crippen LogP contribution in [-0.4, -0.2) is 38.3 Å². The van der Waals surface area contributed by atoms with E-state index < -0.39 is 0 Å². The summed E-state index contributed by atoms with van der Waals surface area (Å²) >= 11 is 3.48. The van der Waals surface area contributed by atoms with Gasteiger partial charge in [0, 0.05) is 6.54 Å². The second-order valence-corrected chi connectivity index (χ2v) is 5.05. The Morgan fingerprint density at radius 2 is 2.06 bits per heavy atom. The van der Waals surface area contributed by atoms with Gasteiger partial charge in [0.25, 0.3) is 0 Å². The summed E-state index contributed by atoms with van der Waals surface area (Å²) in [6, 6.07) is 5.77. The molecule has 2 rings (SSSR count). The van der Waals surface area contributed by atoms with Crippen LogP contribution in [0, 0.1) is 0 Å². The molecule has 1 aliphatic rings. The largest absolute Gasteiger partial charge is 0.497 e. The molecule has 1 aromatic rings. The second kappa shape index (κ2) is 6.26. The molecule has 0 aromatic heterocycles. The van der Waals surface area contributed by atoms with Crippen molar-refractivity contribution in [3.63, 3.8) is 0 Å². The smallest absolute Gasteiger partial charge is 0.133 e. The predicted molar refractivity (Wildman–Crippen MR) is 71.9 cm³/mol. The lowest BCUT2D eigenvalue weighted by Gasteiger charge is -2.15. The van der Waals surface area contributed by atoms with Gasteiger partial charge >= 0.3 is 0 Å². The van der Waals surface area contributed by atoms with Crippen molar-refractivity contribution < 1.29 is 9.47 Å². The average molecular weight is 300 g/mol. The molecule has 1 heterocycles. The third kappa shape index (κ3) is 3.61. The van der Waals surface area contributed by atoms with Crippen LogP contribution in [0.15, 0.2) is 22.7 Å². The summed E-state index contributed by atoms with van der Waals surface area (Å²) in [5.74, 6) is 1.72. The molecule has 17 heavy (non-hydrogen) atoms. The number of halogens is 1. The van der Waals surface area contributed by atoms with Gasteiger partial charge in [0.2, 0.25) is 0 Å². The number of ether oxygens (including phenoxy) is 2. The highest BCUT2D eigenvalue weighted by Crippen LogP contribution is 2.29. The Bertz CT molecular complexity index is 364. The first kappa shape index (κ1) is 12.7. The highest BCUT2D eigenvalue weighted by Gasteiger charge is 2.11. The Morgan fingerprint density at radius 3 is 2.71 bits per heavy atom. The molecular formula is C13H18BrNO2. The van der Waals surface area contributed by atoms with Crippen LogP contribution in [0.1, 0.15) is 12.8 Å². The minimum Gasteiger partial charge on any atom is -0.497 e. The number of hydrogen-bond acceptors (Lipinski definition) is 3. The molecule has 3 nitrogen and oxygen atoms in total. The van der Waals surface area contributed by atoms with Gasteiger partial charge in [-0.2, -0.15) is 0 Å². The Labute approximate surface area is 111 Å². The van der Waals surface area contributed by atoms with Crippen LogP contribution in [-0.2, 0) is 0 Å². The molecule has 4 heteroatoms. The molecule has 0 atom stereocenters. The fraction of sp³-hybridized carbons (Fsp3) is 0.538. The fourth-order valence-electron chi connectivity index (χ4n) is 2.02. The van der Waals surface area contributed by atoms with Gasteiger partial charge in [-0.1, -0.05) is 0 Å². The van der Waals surface area contributed by atoms with Crippen LogP contribution in [0.3, 0.4) is 0 Å². The van der Waals surface area contributed by atoms with Crippen molar-refractivity contribution in [2.45, 2.75) is 12.8 Å². The molecule has 1 aromatic carbocycles. The first-order chi connectivity index (χ1) is 8.29. The van der Waals surface area contributed by atoms with Gasteiger partial charge in [0.15, 0.2) is 0 Å². The van der Waals surface area contributed by atoms with Gasteiger partial charge in [0.05, 0.1) is 11.6 Å². The van der Waals surface area contributed by atoms with Gasteiger partial charge in [-0.05, 0) is 60.1 Å². The van der Waals surface area contributed by atoms with Crippen molar-refractivity contribution in [1.82, 2.24) is 4.90 Å². The molecule has 0 saturated carbocycles. The molecule has 1 aliphatic heterocycles. The van der Waals surface area contributed by atoms with Gasteiger partial charge < -0.3 is 9.47 Å². The number of methoxy groups -OCH3 is 1. The Balaban J connectivity index is 1.81. The normalized spacial score (nSPS) is 16.1. The first-order valence-electron chi connectivity index (χ1n) is 5.98. The number of rotatable bonds is 5. The standard InChI is InChI=1S/C13H18BrNO2/c1-16-11-4-5-13(12(14)10-11)17-9-8-15-6-2-3-7-15/h4-5,10H,2-3,6-9H2,1H3. The summed E-state index contributed by atoms with van der Waals surface area (Å²) in [5.41, 5.74) is 0. The molecule has 0 radical (unpaired) electrons. The minimum atomic E-state index is 0.741. The zero-order valence-electron chi connectivity index (χ0n) is 10.1. The van der Waals surface area contributed by atoms with Gasteiger partial charge in [-0.15, -0.1) is 0 Å². The summed E-state index contributed by atoms with van der Waals surface area (Å²) in [7, 11) is 1.66. The molecule has 0 N–H and O–H groups in total. The van der Waals surface area contributed by atoms with E-state index in [1.807, 2.05) is 18.2 Å². The highest BCUT2D eigenvalue weighted by molar-refractivity contribution is 9.10. The summed E-state index contributed by atoms with van der Waals surface area (Å²) in [4.78, 5) is 2.44. The van der Waals surface area contributed by atoms with Crippen molar-refractivity contribution in [3.05, 3.63) is 22.7 Å². The van der Waals surface area contributed by atoms with E-state index in [1.165, 1.54) is 25.9 Å². The molecule has 1 fully saturated rings. The molecule has 0 aliphatic carbocycles. The zero-order valence-corrected chi connectivity index (χ0v) is 11.7. The van der Waals surface area contributed by atoms with Crippen LogP contribution < -0.4 is 9.47 Å². The topological polar surface area (TPSA) is 21.7 Å². The van der Waals surface area contributed by atoms with E-state index >= 15 is 0 Å². The quantitative estimate of drug-likeness (QED) is 0.834. The lowest BCUT2D eigenvalue weighted by atomic mass is 10.3. The monoisotopic (exact) mass is 299 g/mol. The van der Waals surface area contributed by atoms with E-state index in [1.54, 1.807) is 7.11 Å². The summed E-state index contributed by atoms with van der Waals surface area (Å²) < 4.78 is 11.8. The highest BCUT2D eigenvalue weighted by atomic mass is 79.9. The van der Waals surface area contributed by atoms with E-state index in [0.717, 1.165) is 29.1 Å². The third-order valence-electron chi connectivity index (χ3n) is 3.00. The Kier molecular flexibility index (Phi) is 4.68. The van der Waals surface area contributed by atoms with Crippen molar-refractivity contribution in [2.24, 2.45) is 0 Å². The van der Waals surface area contributed by atoms with E-state index in [4.69, 9.17) is 9.47 Å². The maximum atomic E-state index is 5.75. The van der Waals surface area contributed by atoms with E-state index in [-0.39, 0.29) is 0 Å². The Hall–Kier alpha value is -0.740. The fourth-order valence-corrected chi connectivity index (χ4v) is 2.49. The molecule has 0 spiro atoms. The van der Waals surface area contributed by atoms with Crippen LogP contribution >= 0.6 is 15.9 Å². The lowest BCUT2D eigenvalue weighted by Crippen LogP contribution is -2.25. The number of hydrogen-bond donors (Lipinski definition) is 0. The van der Waals surface area contributed by atoms with Crippen molar-refractivity contribution in [2.75, 3.05) is 33.4 Å². The first-order valence-corrected chi connectivity index (χ1v) is 6.77. The predicted octanol–water partition coefficient (Wildman–Crippen LogP) is 2.93. The number of likely N-dealkylation sites (tertiary alicyclic amines) is 1. The van der Waals surface area contributed by atoms with Crippen molar-refractivity contribution >= 4 is 15.9 Å². The summed E-state index contributed by atoms with van der Waals surface area (Å²) in [5, 5.41) is 0. The second-order valence-electron chi connectivity index (χ2n) is 4.19. The summed E-state index contributed by atoms with van der Waals surface area (Å²) in [6.45, 7) is 4.18. The van der Waals surface area contributed by atoms with Crippen molar-refractivity contribution in [3.8, 4) is 11.5 Å². The zero-order chi connectivity index (χ0) is 12.1. The molecule has 0 amide bonds. The maximum Gasteiger partial charge on any atom is 0.133 e. The van der Waals surface area contributed by atoms with Crippen LogP contribution in [0.25, 0.3) is 0 Å². The Morgan fingerprint density at radius 1 is 1.29 bits per heavy atom. The molecule has 94 valence electrons. The number of nitrogens with zero attached hydrogens (tertiary/aromatic N) is 1. The SMILES string of the molecule is COc1ccc(OCCN2CCCC2)c(Br)c1. The van der Waals surface area contributed by atoms with Crippen molar-refractivity contribution in [1.29, 1.82) is 0 Å². The average Bonchev–Trinajstić information content (AvgIpc) is 2.84. The summed E-state index contributed by atoms with van der Waals surface area (Å²) in [6.07, 6.45) is 2.65.